The summed E-state index contributed by atoms with van der Waals surface area (Å²) in [7, 11) is 0. The third-order valence-corrected chi connectivity index (χ3v) is 4.13. The zero-order valence-electron chi connectivity index (χ0n) is 14.7. The molecule has 2 aliphatic rings. The number of hydrogen-bond donors (Lipinski definition) is 2. The molecule has 0 unspecified atom stereocenters. The molecule has 1 saturated carbocycles. The van der Waals surface area contributed by atoms with Crippen molar-refractivity contribution in [3.63, 3.8) is 0 Å². The van der Waals surface area contributed by atoms with Gasteiger partial charge in [0.2, 0.25) is 11.8 Å². The lowest BCUT2D eigenvalue weighted by atomic mass is 10.3. The second kappa shape index (κ2) is 10.7. The Morgan fingerprint density at radius 1 is 1.12 bits per heavy atom. The van der Waals surface area contributed by atoms with Crippen LogP contribution in [-0.4, -0.2) is 72.9 Å². The number of aliphatic imine (C=N–C) groups is 1. The van der Waals surface area contributed by atoms with Crippen LogP contribution >= 0.6 is 24.0 Å². The summed E-state index contributed by atoms with van der Waals surface area (Å²) >= 11 is 0. The van der Waals surface area contributed by atoms with Gasteiger partial charge >= 0.3 is 0 Å². The maximum Gasteiger partial charge on any atom is 0.220 e. The van der Waals surface area contributed by atoms with Gasteiger partial charge in [0.05, 0.1) is 0 Å². The maximum atomic E-state index is 11.6. The molecule has 7 nitrogen and oxygen atoms in total. The van der Waals surface area contributed by atoms with Gasteiger partial charge in [0, 0.05) is 58.7 Å². The molecule has 0 aromatic rings. The monoisotopic (exact) mass is 451 g/mol. The Morgan fingerprint density at radius 2 is 1.75 bits per heavy atom. The van der Waals surface area contributed by atoms with E-state index in [0.717, 1.165) is 57.9 Å². The van der Waals surface area contributed by atoms with Gasteiger partial charge in [-0.3, -0.25) is 14.6 Å². The predicted octanol–water partition coefficient (Wildman–Crippen LogP) is 0.793. The van der Waals surface area contributed by atoms with Crippen LogP contribution < -0.4 is 10.6 Å². The number of rotatable bonds is 6. The molecule has 1 aliphatic heterocycles. The lowest BCUT2D eigenvalue weighted by molar-refractivity contribution is -0.130. The first-order valence-corrected chi connectivity index (χ1v) is 8.68. The lowest BCUT2D eigenvalue weighted by Crippen LogP contribution is -2.53. The summed E-state index contributed by atoms with van der Waals surface area (Å²) in [6, 6.07) is 0.431. The van der Waals surface area contributed by atoms with Gasteiger partial charge in [-0.25, -0.2) is 0 Å². The molecule has 0 bridgehead atoms. The van der Waals surface area contributed by atoms with E-state index in [9.17, 15) is 9.59 Å². The van der Waals surface area contributed by atoms with E-state index in [1.165, 1.54) is 0 Å². The lowest BCUT2D eigenvalue weighted by Gasteiger charge is -2.36. The Labute approximate surface area is 161 Å². The van der Waals surface area contributed by atoms with E-state index in [0.29, 0.717) is 19.0 Å². The number of nitrogens with one attached hydrogen (secondary N) is 2. The van der Waals surface area contributed by atoms with Crippen molar-refractivity contribution in [1.82, 2.24) is 20.4 Å². The minimum atomic E-state index is 0. The summed E-state index contributed by atoms with van der Waals surface area (Å²) in [6.07, 6.45) is 3.56. The molecular weight excluding hydrogens is 421 g/mol. The predicted molar refractivity (Wildman–Crippen MR) is 106 cm³/mol. The van der Waals surface area contributed by atoms with E-state index in [1.54, 1.807) is 6.92 Å². The second-order valence-corrected chi connectivity index (χ2v) is 6.17. The van der Waals surface area contributed by atoms with Crippen molar-refractivity contribution in [2.45, 2.75) is 45.6 Å². The second-order valence-electron chi connectivity index (χ2n) is 6.17. The molecule has 2 rings (SSSR count). The first-order chi connectivity index (χ1) is 11.1. The third-order valence-electron chi connectivity index (χ3n) is 4.13. The van der Waals surface area contributed by atoms with Crippen molar-refractivity contribution in [1.29, 1.82) is 0 Å². The largest absolute Gasteiger partial charge is 0.357 e. The van der Waals surface area contributed by atoms with Gasteiger partial charge in [-0.15, -0.1) is 24.0 Å². The van der Waals surface area contributed by atoms with Crippen LogP contribution in [0.2, 0.25) is 0 Å². The SMILES string of the molecule is CCNC(=NCCCC(=O)NC1CC1)N1CCN(C(C)=O)CC1.I. The summed E-state index contributed by atoms with van der Waals surface area (Å²) in [4.78, 5) is 31.7. The zero-order chi connectivity index (χ0) is 16.7. The highest BCUT2D eigenvalue weighted by Crippen LogP contribution is 2.18. The van der Waals surface area contributed by atoms with E-state index in [1.807, 2.05) is 11.8 Å². The summed E-state index contributed by atoms with van der Waals surface area (Å²) in [6.45, 7) is 8.20. The first kappa shape index (κ1) is 21.0. The number of carbonyl (C=O) groups is 2. The summed E-state index contributed by atoms with van der Waals surface area (Å²) in [5.41, 5.74) is 0. The number of guanidine groups is 1. The number of carbonyl (C=O) groups excluding carboxylic acids is 2. The van der Waals surface area contributed by atoms with Gasteiger partial charge in [0.1, 0.15) is 0 Å². The average molecular weight is 451 g/mol. The molecule has 0 atom stereocenters. The van der Waals surface area contributed by atoms with E-state index in [2.05, 4.69) is 20.5 Å². The number of hydrogen-bond acceptors (Lipinski definition) is 3. The number of halogens is 1. The van der Waals surface area contributed by atoms with Gasteiger partial charge in [-0.05, 0) is 26.2 Å². The number of piperazine rings is 1. The van der Waals surface area contributed by atoms with Crippen molar-refractivity contribution in [2.75, 3.05) is 39.3 Å². The molecule has 24 heavy (non-hydrogen) atoms. The Balaban J connectivity index is 0.00000288. The van der Waals surface area contributed by atoms with Crippen molar-refractivity contribution < 1.29 is 9.59 Å². The topological polar surface area (TPSA) is 77.0 Å². The molecule has 138 valence electrons. The Morgan fingerprint density at radius 3 is 2.29 bits per heavy atom. The molecule has 1 heterocycles. The number of amides is 2. The number of nitrogens with zero attached hydrogens (tertiary/aromatic N) is 3. The normalized spacial score (nSPS) is 18.0. The molecule has 0 aromatic carbocycles. The molecule has 1 aliphatic carbocycles. The van der Waals surface area contributed by atoms with Crippen LogP contribution in [-0.2, 0) is 9.59 Å². The van der Waals surface area contributed by atoms with Crippen molar-refractivity contribution in [3.05, 3.63) is 0 Å². The van der Waals surface area contributed by atoms with Crippen LogP contribution in [0.15, 0.2) is 4.99 Å². The van der Waals surface area contributed by atoms with Gasteiger partial charge in [-0.2, -0.15) is 0 Å². The van der Waals surface area contributed by atoms with Gasteiger partial charge in [-0.1, -0.05) is 0 Å². The quantitative estimate of drug-likeness (QED) is 0.271. The zero-order valence-corrected chi connectivity index (χ0v) is 17.0. The van der Waals surface area contributed by atoms with Crippen LogP contribution in [0.1, 0.15) is 39.5 Å². The van der Waals surface area contributed by atoms with E-state index in [4.69, 9.17) is 0 Å². The first-order valence-electron chi connectivity index (χ1n) is 8.68. The van der Waals surface area contributed by atoms with Gasteiger partial charge in [0.15, 0.2) is 5.96 Å². The molecule has 2 amide bonds. The Bertz CT molecular complexity index is 446. The molecule has 8 heteroatoms. The highest BCUT2D eigenvalue weighted by Gasteiger charge is 2.23. The van der Waals surface area contributed by atoms with Gasteiger partial charge < -0.3 is 20.4 Å². The molecule has 2 N–H and O–H groups in total. The molecule has 2 fully saturated rings. The van der Waals surface area contributed by atoms with Crippen LogP contribution in [0.25, 0.3) is 0 Å². The minimum absolute atomic E-state index is 0. The fraction of sp³-hybridized carbons (Fsp3) is 0.812. The average Bonchev–Trinajstić information content (AvgIpc) is 3.34. The van der Waals surface area contributed by atoms with E-state index < -0.39 is 0 Å². The summed E-state index contributed by atoms with van der Waals surface area (Å²) in [5.74, 6) is 1.16. The fourth-order valence-corrected chi connectivity index (χ4v) is 2.61. The summed E-state index contributed by atoms with van der Waals surface area (Å²) < 4.78 is 0. The highest BCUT2D eigenvalue weighted by atomic mass is 127. The fourth-order valence-electron chi connectivity index (χ4n) is 2.61. The Kier molecular flexibility index (Phi) is 9.38. The highest BCUT2D eigenvalue weighted by molar-refractivity contribution is 14.0. The van der Waals surface area contributed by atoms with E-state index in [-0.39, 0.29) is 35.8 Å². The van der Waals surface area contributed by atoms with Crippen molar-refractivity contribution in [3.8, 4) is 0 Å². The van der Waals surface area contributed by atoms with Crippen LogP contribution in [0.5, 0.6) is 0 Å². The maximum absolute atomic E-state index is 11.6. The molecule has 1 saturated heterocycles. The molecule has 0 spiro atoms. The third kappa shape index (κ3) is 7.23. The molecular formula is C16H30IN5O2. The minimum Gasteiger partial charge on any atom is -0.357 e. The van der Waals surface area contributed by atoms with Crippen molar-refractivity contribution >= 4 is 41.8 Å². The Hall–Kier alpha value is -1.06. The van der Waals surface area contributed by atoms with Crippen LogP contribution in [0, 0.1) is 0 Å². The van der Waals surface area contributed by atoms with E-state index >= 15 is 0 Å². The molecule has 0 radical (unpaired) electrons. The van der Waals surface area contributed by atoms with Crippen LogP contribution in [0.3, 0.4) is 0 Å². The van der Waals surface area contributed by atoms with Crippen molar-refractivity contribution in [2.24, 2.45) is 4.99 Å². The summed E-state index contributed by atoms with van der Waals surface area (Å²) in [5, 5.41) is 6.29. The van der Waals surface area contributed by atoms with Crippen LogP contribution in [0.4, 0.5) is 0 Å². The smallest absolute Gasteiger partial charge is 0.220 e. The van der Waals surface area contributed by atoms with Gasteiger partial charge in [0.25, 0.3) is 0 Å². The standard InChI is InChI=1S/C16H29N5O2.HI/c1-3-17-16(21-11-9-20(10-12-21)13(2)22)18-8-4-5-15(23)19-14-6-7-14;/h14H,3-12H2,1-2H3,(H,17,18)(H,19,23);1H. The molecule has 0 aromatic heterocycles.